The molecule has 1 aromatic rings. The highest BCUT2D eigenvalue weighted by Crippen LogP contribution is 2.38. The SMILES string of the molecule is CCOc1c(N)nsc1N1CCOC(CC)C1. The van der Waals surface area contributed by atoms with Gasteiger partial charge in [0.25, 0.3) is 0 Å². The number of nitrogens with zero attached hydrogens (tertiary/aromatic N) is 2. The Balaban J connectivity index is 2.15. The summed E-state index contributed by atoms with van der Waals surface area (Å²) < 4.78 is 15.4. The van der Waals surface area contributed by atoms with Gasteiger partial charge < -0.3 is 20.1 Å². The highest BCUT2D eigenvalue weighted by atomic mass is 32.1. The van der Waals surface area contributed by atoms with Crippen LogP contribution in [0.5, 0.6) is 5.75 Å². The molecular weight excluding hydrogens is 238 g/mol. The van der Waals surface area contributed by atoms with E-state index in [2.05, 4.69) is 16.2 Å². The maximum Gasteiger partial charge on any atom is 0.197 e. The topological polar surface area (TPSA) is 60.6 Å². The van der Waals surface area contributed by atoms with E-state index >= 15 is 0 Å². The van der Waals surface area contributed by atoms with E-state index in [1.54, 1.807) is 0 Å². The van der Waals surface area contributed by atoms with E-state index in [0.717, 1.165) is 36.9 Å². The zero-order valence-corrected chi connectivity index (χ0v) is 11.1. The number of nitrogens with two attached hydrogens (primary N) is 1. The van der Waals surface area contributed by atoms with E-state index in [9.17, 15) is 0 Å². The van der Waals surface area contributed by atoms with Crippen LogP contribution in [0, 0.1) is 0 Å². The molecule has 1 saturated heterocycles. The quantitative estimate of drug-likeness (QED) is 0.890. The number of rotatable bonds is 4. The van der Waals surface area contributed by atoms with E-state index in [1.165, 1.54) is 11.5 Å². The fourth-order valence-corrected chi connectivity index (χ4v) is 2.71. The molecule has 0 spiro atoms. The van der Waals surface area contributed by atoms with Gasteiger partial charge in [-0.05, 0) is 24.9 Å². The summed E-state index contributed by atoms with van der Waals surface area (Å²) in [5.74, 6) is 1.22. The van der Waals surface area contributed by atoms with Crippen molar-refractivity contribution in [3.63, 3.8) is 0 Å². The van der Waals surface area contributed by atoms with Gasteiger partial charge in [-0.2, -0.15) is 4.37 Å². The van der Waals surface area contributed by atoms with Gasteiger partial charge in [0.1, 0.15) is 0 Å². The molecule has 17 heavy (non-hydrogen) atoms. The Morgan fingerprint density at radius 3 is 3.12 bits per heavy atom. The average molecular weight is 257 g/mol. The minimum atomic E-state index is 0.293. The molecule has 1 aromatic heterocycles. The molecule has 1 fully saturated rings. The lowest BCUT2D eigenvalue weighted by Gasteiger charge is -2.33. The Kier molecular flexibility index (Phi) is 4.06. The van der Waals surface area contributed by atoms with Gasteiger partial charge in [-0.15, -0.1) is 0 Å². The van der Waals surface area contributed by atoms with Crippen LogP contribution in [0.25, 0.3) is 0 Å². The molecule has 0 saturated carbocycles. The molecule has 2 heterocycles. The van der Waals surface area contributed by atoms with Crippen LogP contribution in [0.4, 0.5) is 10.8 Å². The second-order valence-corrected chi connectivity index (χ2v) is 4.73. The van der Waals surface area contributed by atoms with Crippen LogP contribution in [0.2, 0.25) is 0 Å². The third-order valence-electron chi connectivity index (χ3n) is 2.83. The number of nitrogen functional groups attached to an aromatic ring is 1. The fraction of sp³-hybridized carbons (Fsp3) is 0.727. The van der Waals surface area contributed by atoms with Crippen molar-refractivity contribution in [3.8, 4) is 5.75 Å². The van der Waals surface area contributed by atoms with Crippen LogP contribution < -0.4 is 15.4 Å². The molecule has 5 nitrogen and oxygen atoms in total. The summed E-state index contributed by atoms with van der Waals surface area (Å²) in [4.78, 5) is 2.26. The van der Waals surface area contributed by atoms with Gasteiger partial charge >= 0.3 is 0 Å². The number of hydrogen-bond donors (Lipinski definition) is 1. The lowest BCUT2D eigenvalue weighted by Crippen LogP contribution is -2.42. The van der Waals surface area contributed by atoms with Gasteiger partial charge in [0.05, 0.1) is 19.3 Å². The largest absolute Gasteiger partial charge is 0.487 e. The summed E-state index contributed by atoms with van der Waals surface area (Å²) in [6, 6.07) is 0. The van der Waals surface area contributed by atoms with Crippen LogP contribution in [0.15, 0.2) is 0 Å². The van der Waals surface area contributed by atoms with Crippen LogP contribution in [-0.2, 0) is 4.74 Å². The Labute approximate surface area is 106 Å². The van der Waals surface area contributed by atoms with Gasteiger partial charge in [-0.25, -0.2) is 0 Å². The lowest BCUT2D eigenvalue weighted by molar-refractivity contribution is 0.0385. The predicted molar refractivity (Wildman–Crippen MR) is 69.9 cm³/mol. The van der Waals surface area contributed by atoms with Crippen molar-refractivity contribution in [1.82, 2.24) is 4.37 Å². The summed E-state index contributed by atoms with van der Waals surface area (Å²) >= 11 is 1.41. The predicted octanol–water partition coefficient (Wildman–Crippen LogP) is 1.74. The number of morpholine rings is 1. The molecule has 0 aliphatic carbocycles. The van der Waals surface area contributed by atoms with Gasteiger partial charge in [0.15, 0.2) is 16.6 Å². The van der Waals surface area contributed by atoms with Crippen molar-refractivity contribution in [2.75, 3.05) is 36.9 Å². The maximum absolute atomic E-state index is 5.82. The molecule has 1 aliphatic heterocycles. The zero-order chi connectivity index (χ0) is 12.3. The number of ether oxygens (including phenoxy) is 2. The molecule has 1 unspecified atom stereocenters. The first kappa shape index (κ1) is 12.4. The van der Waals surface area contributed by atoms with Crippen molar-refractivity contribution in [2.45, 2.75) is 26.4 Å². The summed E-state index contributed by atoms with van der Waals surface area (Å²) in [6.45, 7) is 7.21. The molecule has 0 radical (unpaired) electrons. The smallest absolute Gasteiger partial charge is 0.197 e. The molecule has 1 aliphatic rings. The molecule has 0 amide bonds. The number of hydrogen-bond acceptors (Lipinski definition) is 6. The second-order valence-electron chi connectivity index (χ2n) is 3.98. The van der Waals surface area contributed by atoms with Crippen molar-refractivity contribution in [3.05, 3.63) is 0 Å². The summed E-state index contributed by atoms with van der Waals surface area (Å²) in [7, 11) is 0. The van der Waals surface area contributed by atoms with Crippen molar-refractivity contribution < 1.29 is 9.47 Å². The van der Waals surface area contributed by atoms with Gasteiger partial charge in [-0.1, -0.05) is 6.92 Å². The fourth-order valence-electron chi connectivity index (χ4n) is 1.92. The maximum atomic E-state index is 5.82. The zero-order valence-electron chi connectivity index (χ0n) is 10.3. The summed E-state index contributed by atoms with van der Waals surface area (Å²) in [5, 5.41) is 1.03. The first-order chi connectivity index (χ1) is 8.26. The van der Waals surface area contributed by atoms with Crippen LogP contribution >= 0.6 is 11.5 Å². The van der Waals surface area contributed by atoms with E-state index in [4.69, 9.17) is 15.2 Å². The third-order valence-corrected chi connectivity index (χ3v) is 3.73. The molecule has 0 bridgehead atoms. The molecular formula is C11H19N3O2S. The molecule has 96 valence electrons. The summed E-state index contributed by atoms with van der Waals surface area (Å²) in [5.41, 5.74) is 5.82. The second kappa shape index (κ2) is 5.55. The first-order valence-electron chi connectivity index (χ1n) is 6.00. The molecule has 1 atom stereocenters. The van der Waals surface area contributed by atoms with Gasteiger partial charge in [0.2, 0.25) is 0 Å². The molecule has 2 rings (SSSR count). The molecule has 0 aromatic carbocycles. The average Bonchev–Trinajstić information content (AvgIpc) is 2.72. The Morgan fingerprint density at radius 1 is 1.59 bits per heavy atom. The Morgan fingerprint density at radius 2 is 2.41 bits per heavy atom. The standard InChI is InChI=1S/C11H19N3O2S/c1-3-8-7-14(5-6-16-8)11-9(15-4-2)10(12)13-17-11/h8H,3-7H2,1-2H3,(H2,12,13). The normalized spacial score (nSPS) is 20.6. The van der Waals surface area contributed by atoms with Crippen LogP contribution in [0.3, 0.4) is 0 Å². The molecule has 2 N–H and O–H groups in total. The summed E-state index contributed by atoms with van der Waals surface area (Å²) in [6.07, 6.45) is 1.32. The Bertz CT molecular complexity index is 370. The first-order valence-corrected chi connectivity index (χ1v) is 6.78. The van der Waals surface area contributed by atoms with Gasteiger partial charge in [0, 0.05) is 13.1 Å². The minimum Gasteiger partial charge on any atom is -0.487 e. The van der Waals surface area contributed by atoms with Crippen molar-refractivity contribution in [1.29, 1.82) is 0 Å². The highest BCUT2D eigenvalue weighted by molar-refractivity contribution is 7.11. The number of anilines is 2. The van der Waals surface area contributed by atoms with Crippen molar-refractivity contribution in [2.24, 2.45) is 0 Å². The monoisotopic (exact) mass is 257 g/mol. The minimum absolute atomic E-state index is 0.293. The molecule has 6 heteroatoms. The van der Waals surface area contributed by atoms with E-state index in [1.807, 2.05) is 6.92 Å². The Hall–Kier alpha value is -1.01. The van der Waals surface area contributed by atoms with Gasteiger partial charge in [-0.3, -0.25) is 0 Å². The van der Waals surface area contributed by atoms with Crippen LogP contribution in [-0.4, -0.2) is 36.8 Å². The van der Waals surface area contributed by atoms with Crippen LogP contribution in [0.1, 0.15) is 20.3 Å². The number of aromatic nitrogens is 1. The highest BCUT2D eigenvalue weighted by Gasteiger charge is 2.25. The van der Waals surface area contributed by atoms with E-state index in [0.29, 0.717) is 18.5 Å². The van der Waals surface area contributed by atoms with E-state index in [-0.39, 0.29) is 0 Å². The van der Waals surface area contributed by atoms with Crippen molar-refractivity contribution >= 4 is 22.4 Å². The van der Waals surface area contributed by atoms with E-state index < -0.39 is 0 Å². The third kappa shape index (κ3) is 2.63. The lowest BCUT2D eigenvalue weighted by atomic mass is 10.2.